The minimum atomic E-state index is -0.349. The van der Waals surface area contributed by atoms with Crippen LogP contribution in [0.1, 0.15) is 37.6 Å². The predicted octanol–water partition coefficient (Wildman–Crippen LogP) is 1.89. The highest BCUT2D eigenvalue weighted by Gasteiger charge is 2.22. The summed E-state index contributed by atoms with van der Waals surface area (Å²) in [6, 6.07) is 5.62. The van der Waals surface area contributed by atoms with Gasteiger partial charge in [0.25, 0.3) is 5.91 Å². The molecule has 1 aromatic carbocycles. The Morgan fingerprint density at radius 2 is 1.75 bits per heavy atom. The highest BCUT2D eigenvalue weighted by atomic mass is 19.1. The van der Waals surface area contributed by atoms with Gasteiger partial charge in [-0.15, -0.1) is 0 Å². The molecule has 1 fully saturated rings. The van der Waals surface area contributed by atoms with E-state index >= 15 is 0 Å². The topological polar surface area (TPSA) is 52.7 Å². The second-order valence-corrected chi connectivity index (χ2v) is 7.23. The van der Waals surface area contributed by atoms with Crippen molar-refractivity contribution in [3.05, 3.63) is 35.6 Å². The molecule has 0 atom stereocenters. The third kappa shape index (κ3) is 5.60. The van der Waals surface area contributed by atoms with Gasteiger partial charge in [-0.25, -0.2) is 4.39 Å². The van der Waals surface area contributed by atoms with Gasteiger partial charge in [-0.2, -0.15) is 0 Å². The van der Waals surface area contributed by atoms with Crippen LogP contribution in [0.15, 0.2) is 24.3 Å². The Balaban J connectivity index is 1.89. The average Bonchev–Trinajstić information content (AvgIpc) is 2.71. The molecule has 0 radical (unpaired) electrons. The van der Waals surface area contributed by atoms with Gasteiger partial charge < -0.3 is 10.2 Å². The molecule has 1 aliphatic rings. The van der Waals surface area contributed by atoms with Crippen LogP contribution >= 0.6 is 0 Å². The minimum Gasteiger partial charge on any atom is -0.350 e. The fraction of sp³-hybridized carbons (Fsp3) is 0.556. The summed E-state index contributed by atoms with van der Waals surface area (Å²) in [5.74, 6) is -0.435. The highest BCUT2D eigenvalue weighted by molar-refractivity contribution is 5.94. The molecule has 1 heterocycles. The van der Waals surface area contributed by atoms with Crippen molar-refractivity contribution in [1.82, 2.24) is 15.1 Å². The van der Waals surface area contributed by atoms with Gasteiger partial charge in [-0.3, -0.25) is 14.5 Å². The molecule has 0 saturated carbocycles. The first-order valence-corrected chi connectivity index (χ1v) is 8.33. The van der Waals surface area contributed by atoms with Crippen LogP contribution in [0, 0.1) is 5.82 Å². The summed E-state index contributed by atoms with van der Waals surface area (Å²) in [6.45, 7) is 8.86. The van der Waals surface area contributed by atoms with Crippen LogP contribution in [0.25, 0.3) is 0 Å². The highest BCUT2D eigenvalue weighted by Crippen LogP contribution is 2.10. The monoisotopic (exact) mass is 335 g/mol. The van der Waals surface area contributed by atoms with E-state index in [2.05, 4.69) is 10.2 Å². The van der Waals surface area contributed by atoms with Gasteiger partial charge in [0, 0.05) is 37.3 Å². The largest absolute Gasteiger partial charge is 0.350 e. The molecule has 0 unspecified atom stereocenters. The van der Waals surface area contributed by atoms with Gasteiger partial charge in [0.15, 0.2) is 0 Å². The molecule has 0 bridgehead atoms. The van der Waals surface area contributed by atoms with E-state index in [1.54, 1.807) is 4.90 Å². The molecule has 1 N–H and O–H groups in total. The molecule has 2 amide bonds. The number of nitrogens with zero attached hydrogens (tertiary/aromatic N) is 2. The number of hydrogen-bond donors (Lipinski definition) is 1. The summed E-state index contributed by atoms with van der Waals surface area (Å²) in [5.41, 5.74) is 0.253. The molecule has 1 saturated heterocycles. The minimum absolute atomic E-state index is 0.000751. The van der Waals surface area contributed by atoms with Crippen LogP contribution in [0.4, 0.5) is 4.39 Å². The number of halogens is 1. The molecular formula is C18H26FN3O2. The summed E-state index contributed by atoms with van der Waals surface area (Å²) in [6.07, 6.45) is 0.815. The number of nitrogens with one attached hydrogen (secondary N) is 1. The third-order valence-electron chi connectivity index (χ3n) is 3.85. The Morgan fingerprint density at radius 1 is 1.08 bits per heavy atom. The lowest BCUT2D eigenvalue weighted by molar-refractivity contribution is -0.123. The molecule has 5 nitrogen and oxygen atoms in total. The third-order valence-corrected chi connectivity index (χ3v) is 3.85. The lowest BCUT2D eigenvalue weighted by Crippen LogP contribution is -2.46. The SMILES string of the molecule is CC(C)(C)NC(=O)CN1CCCN(C(=O)c2ccc(F)cc2)CC1. The summed E-state index contributed by atoms with van der Waals surface area (Å²) >= 11 is 0. The van der Waals surface area contributed by atoms with E-state index in [9.17, 15) is 14.0 Å². The van der Waals surface area contributed by atoms with Crippen molar-refractivity contribution in [2.45, 2.75) is 32.7 Å². The standard InChI is InChI=1S/C18H26FN3O2/c1-18(2,3)20-16(23)13-21-9-4-10-22(12-11-21)17(24)14-5-7-15(19)8-6-14/h5-8H,4,9-13H2,1-3H3,(H,20,23). The molecule has 132 valence electrons. The Labute approximate surface area is 142 Å². The molecule has 0 aliphatic carbocycles. The first-order chi connectivity index (χ1) is 11.2. The van der Waals surface area contributed by atoms with E-state index in [1.165, 1.54) is 24.3 Å². The number of rotatable bonds is 3. The smallest absolute Gasteiger partial charge is 0.253 e. The fourth-order valence-corrected chi connectivity index (χ4v) is 2.77. The van der Waals surface area contributed by atoms with Crippen LogP contribution in [-0.4, -0.2) is 59.9 Å². The van der Waals surface area contributed by atoms with Gasteiger partial charge in [-0.05, 0) is 51.5 Å². The van der Waals surface area contributed by atoms with Crippen LogP contribution in [0.3, 0.4) is 0 Å². The van der Waals surface area contributed by atoms with E-state index in [-0.39, 0.29) is 23.2 Å². The molecule has 2 rings (SSSR count). The molecular weight excluding hydrogens is 309 g/mol. The average molecular weight is 335 g/mol. The number of hydrogen-bond acceptors (Lipinski definition) is 3. The van der Waals surface area contributed by atoms with Gasteiger partial charge in [0.05, 0.1) is 6.54 Å². The van der Waals surface area contributed by atoms with Crippen molar-refractivity contribution in [2.75, 3.05) is 32.7 Å². The first kappa shape index (κ1) is 18.4. The maximum atomic E-state index is 13.0. The summed E-state index contributed by atoms with van der Waals surface area (Å²) < 4.78 is 13.0. The van der Waals surface area contributed by atoms with Crippen LogP contribution in [0.5, 0.6) is 0 Å². The quantitative estimate of drug-likeness (QED) is 0.918. The number of carbonyl (C=O) groups excluding carboxylic acids is 2. The second-order valence-electron chi connectivity index (χ2n) is 7.23. The first-order valence-electron chi connectivity index (χ1n) is 8.33. The molecule has 0 aromatic heterocycles. The number of carbonyl (C=O) groups is 2. The second kappa shape index (κ2) is 7.75. The van der Waals surface area contributed by atoms with Crippen LogP contribution in [0.2, 0.25) is 0 Å². The summed E-state index contributed by atoms with van der Waals surface area (Å²) in [5, 5.41) is 2.96. The lowest BCUT2D eigenvalue weighted by Gasteiger charge is -2.25. The zero-order valence-electron chi connectivity index (χ0n) is 14.6. The van der Waals surface area contributed by atoms with Gasteiger partial charge in [-0.1, -0.05) is 0 Å². The Kier molecular flexibility index (Phi) is 5.94. The Hall–Kier alpha value is -1.95. The number of amides is 2. The zero-order valence-corrected chi connectivity index (χ0v) is 14.6. The van der Waals surface area contributed by atoms with Crippen molar-refractivity contribution < 1.29 is 14.0 Å². The van der Waals surface area contributed by atoms with Gasteiger partial charge in [0.1, 0.15) is 5.82 Å². The molecule has 6 heteroatoms. The van der Waals surface area contributed by atoms with Crippen molar-refractivity contribution in [3.63, 3.8) is 0 Å². The Bertz CT molecular complexity index is 581. The van der Waals surface area contributed by atoms with Crippen LogP contribution in [-0.2, 0) is 4.79 Å². The lowest BCUT2D eigenvalue weighted by atomic mass is 10.1. The van der Waals surface area contributed by atoms with Crippen LogP contribution < -0.4 is 5.32 Å². The maximum Gasteiger partial charge on any atom is 0.253 e. The molecule has 0 spiro atoms. The summed E-state index contributed by atoms with van der Waals surface area (Å²) in [7, 11) is 0. The maximum absolute atomic E-state index is 13.0. The van der Waals surface area contributed by atoms with Crippen molar-refractivity contribution in [2.24, 2.45) is 0 Å². The van der Waals surface area contributed by atoms with Gasteiger partial charge >= 0.3 is 0 Å². The van der Waals surface area contributed by atoms with Crippen molar-refractivity contribution in [3.8, 4) is 0 Å². The molecule has 1 aliphatic heterocycles. The Morgan fingerprint density at radius 3 is 2.38 bits per heavy atom. The predicted molar refractivity (Wildman–Crippen MR) is 91.3 cm³/mol. The zero-order chi connectivity index (χ0) is 17.7. The van der Waals surface area contributed by atoms with E-state index < -0.39 is 0 Å². The summed E-state index contributed by atoms with van der Waals surface area (Å²) in [4.78, 5) is 28.4. The van der Waals surface area contributed by atoms with E-state index in [1.807, 2.05) is 20.8 Å². The van der Waals surface area contributed by atoms with Crippen molar-refractivity contribution in [1.29, 1.82) is 0 Å². The normalized spacial score (nSPS) is 16.6. The van der Waals surface area contributed by atoms with Crippen molar-refractivity contribution >= 4 is 11.8 Å². The number of benzene rings is 1. The van der Waals surface area contributed by atoms with E-state index in [0.29, 0.717) is 31.7 Å². The molecule has 24 heavy (non-hydrogen) atoms. The fourth-order valence-electron chi connectivity index (χ4n) is 2.77. The van der Waals surface area contributed by atoms with Gasteiger partial charge in [0.2, 0.25) is 5.91 Å². The molecule has 1 aromatic rings. The van der Waals surface area contributed by atoms with E-state index in [0.717, 1.165) is 13.0 Å². The van der Waals surface area contributed by atoms with E-state index in [4.69, 9.17) is 0 Å².